The molecular formula is C18H19ClN4O3. The summed E-state index contributed by atoms with van der Waals surface area (Å²) < 4.78 is 1.78. The highest BCUT2D eigenvalue weighted by atomic mass is 35.5. The molecule has 0 bridgehead atoms. The lowest BCUT2D eigenvalue weighted by atomic mass is 10.1. The Morgan fingerprint density at radius 3 is 2.81 bits per heavy atom. The lowest BCUT2D eigenvalue weighted by Gasteiger charge is -2.20. The van der Waals surface area contributed by atoms with E-state index in [4.69, 9.17) is 11.6 Å². The Balaban J connectivity index is 1.55. The molecule has 136 valence electrons. The second-order valence-corrected chi connectivity index (χ2v) is 7.17. The van der Waals surface area contributed by atoms with Crippen LogP contribution in [0.4, 0.5) is 0 Å². The zero-order valence-corrected chi connectivity index (χ0v) is 14.9. The minimum absolute atomic E-state index is 0.0957. The molecule has 2 amide bonds. The summed E-state index contributed by atoms with van der Waals surface area (Å²) in [6.45, 7) is 1.50. The molecule has 2 aromatic rings. The van der Waals surface area contributed by atoms with Gasteiger partial charge in [-0.2, -0.15) is 5.10 Å². The molecule has 1 fully saturated rings. The van der Waals surface area contributed by atoms with Gasteiger partial charge in [-0.15, -0.1) is 0 Å². The summed E-state index contributed by atoms with van der Waals surface area (Å²) in [4.78, 5) is 26.7. The highest BCUT2D eigenvalue weighted by Crippen LogP contribution is 2.25. The molecule has 8 heteroatoms. The summed E-state index contributed by atoms with van der Waals surface area (Å²) in [6.07, 6.45) is 2.75. The number of carbonyl (C=O) groups is 2. The zero-order valence-electron chi connectivity index (χ0n) is 14.1. The third kappa shape index (κ3) is 3.39. The van der Waals surface area contributed by atoms with Gasteiger partial charge in [0, 0.05) is 24.2 Å². The molecule has 7 nitrogen and oxygen atoms in total. The van der Waals surface area contributed by atoms with Gasteiger partial charge in [-0.1, -0.05) is 11.6 Å². The maximum atomic E-state index is 12.8. The lowest BCUT2D eigenvalue weighted by molar-refractivity contribution is 0.0742. The maximum absolute atomic E-state index is 12.8. The van der Waals surface area contributed by atoms with Gasteiger partial charge in [0.05, 0.1) is 17.8 Å². The molecule has 1 saturated carbocycles. The number of aromatic nitrogens is 2. The Morgan fingerprint density at radius 2 is 2.04 bits per heavy atom. The van der Waals surface area contributed by atoms with Crippen molar-refractivity contribution in [2.24, 2.45) is 0 Å². The van der Waals surface area contributed by atoms with Crippen molar-refractivity contribution in [2.45, 2.75) is 38.4 Å². The third-order valence-corrected chi connectivity index (χ3v) is 4.87. The zero-order chi connectivity index (χ0) is 18.3. The number of nitrogens with zero attached hydrogens (tertiary/aromatic N) is 3. The number of carbonyl (C=O) groups excluding carboxylic acids is 2. The van der Waals surface area contributed by atoms with Gasteiger partial charge in [-0.25, -0.2) is 0 Å². The van der Waals surface area contributed by atoms with Crippen molar-refractivity contribution < 1.29 is 14.7 Å². The fourth-order valence-corrected chi connectivity index (χ4v) is 3.26. The van der Waals surface area contributed by atoms with Gasteiger partial charge in [0.2, 0.25) is 0 Å². The monoisotopic (exact) mass is 374 g/mol. The Morgan fingerprint density at radius 1 is 1.23 bits per heavy atom. The SMILES string of the molecule is O=C(NC1CC1)c1cc2n(n1)CCCN(C(=O)c1cc(Cl)ccc1O)C2. The van der Waals surface area contributed by atoms with Gasteiger partial charge in [0.1, 0.15) is 5.75 Å². The van der Waals surface area contributed by atoms with Crippen LogP contribution in [-0.2, 0) is 13.1 Å². The highest BCUT2D eigenvalue weighted by molar-refractivity contribution is 6.31. The predicted octanol–water partition coefficient (Wildman–Crippen LogP) is 2.18. The van der Waals surface area contributed by atoms with E-state index in [0.29, 0.717) is 36.8 Å². The molecule has 2 N–H and O–H groups in total. The number of phenols is 1. The van der Waals surface area contributed by atoms with Crippen LogP contribution in [0.3, 0.4) is 0 Å². The first kappa shape index (κ1) is 16.9. The Kier molecular flexibility index (Phi) is 4.32. The molecule has 0 spiro atoms. The van der Waals surface area contributed by atoms with E-state index in [1.54, 1.807) is 15.6 Å². The number of phenolic OH excluding ortho intramolecular Hbond substituents is 1. The van der Waals surface area contributed by atoms with Gasteiger partial charge in [-0.3, -0.25) is 14.3 Å². The van der Waals surface area contributed by atoms with E-state index in [1.807, 2.05) is 0 Å². The first-order valence-corrected chi connectivity index (χ1v) is 9.04. The number of fused-ring (bicyclic) bond motifs is 1. The first-order valence-electron chi connectivity index (χ1n) is 8.66. The molecule has 0 atom stereocenters. The summed E-state index contributed by atoms with van der Waals surface area (Å²) in [5.74, 6) is -0.552. The van der Waals surface area contributed by atoms with Crippen molar-refractivity contribution >= 4 is 23.4 Å². The Labute approximate surface area is 155 Å². The average molecular weight is 375 g/mol. The fraction of sp³-hybridized carbons (Fsp3) is 0.389. The van der Waals surface area contributed by atoms with Crippen LogP contribution in [0.2, 0.25) is 5.02 Å². The molecule has 1 aliphatic carbocycles. The smallest absolute Gasteiger partial charge is 0.272 e. The topological polar surface area (TPSA) is 87.5 Å². The fourth-order valence-electron chi connectivity index (χ4n) is 3.08. The van der Waals surface area contributed by atoms with Crippen LogP contribution in [0.25, 0.3) is 0 Å². The van der Waals surface area contributed by atoms with Crippen molar-refractivity contribution in [1.82, 2.24) is 20.0 Å². The van der Waals surface area contributed by atoms with Crippen molar-refractivity contribution in [1.29, 1.82) is 0 Å². The van der Waals surface area contributed by atoms with E-state index in [0.717, 1.165) is 18.5 Å². The molecule has 1 aromatic carbocycles. The van der Waals surface area contributed by atoms with Crippen molar-refractivity contribution in [2.75, 3.05) is 6.54 Å². The summed E-state index contributed by atoms with van der Waals surface area (Å²) in [6, 6.07) is 6.43. The van der Waals surface area contributed by atoms with Crippen molar-refractivity contribution in [3.05, 3.63) is 46.2 Å². The second-order valence-electron chi connectivity index (χ2n) is 6.73. The first-order chi connectivity index (χ1) is 12.5. The number of benzene rings is 1. The number of amides is 2. The van der Waals surface area contributed by atoms with E-state index < -0.39 is 0 Å². The summed E-state index contributed by atoms with van der Waals surface area (Å²) in [5, 5.41) is 17.7. The number of rotatable bonds is 3. The van der Waals surface area contributed by atoms with E-state index >= 15 is 0 Å². The van der Waals surface area contributed by atoms with Gasteiger partial charge < -0.3 is 15.3 Å². The normalized spacial score (nSPS) is 16.7. The van der Waals surface area contributed by atoms with Crippen molar-refractivity contribution in [3.8, 4) is 5.75 Å². The second kappa shape index (κ2) is 6.64. The molecule has 0 saturated heterocycles. The molecular weight excluding hydrogens is 356 g/mol. The molecule has 1 aliphatic heterocycles. The van der Waals surface area contributed by atoms with E-state index in [1.165, 1.54) is 18.2 Å². The third-order valence-electron chi connectivity index (χ3n) is 4.64. The molecule has 0 radical (unpaired) electrons. The van der Waals surface area contributed by atoms with Gasteiger partial charge in [0.25, 0.3) is 11.8 Å². The highest BCUT2D eigenvalue weighted by Gasteiger charge is 2.27. The van der Waals surface area contributed by atoms with Crippen LogP contribution in [0.15, 0.2) is 24.3 Å². The predicted molar refractivity (Wildman–Crippen MR) is 95.2 cm³/mol. The van der Waals surface area contributed by atoms with Crippen LogP contribution in [0.1, 0.15) is 45.8 Å². The molecule has 1 aromatic heterocycles. The minimum atomic E-state index is -0.288. The summed E-state index contributed by atoms with van der Waals surface area (Å²) in [7, 11) is 0. The quantitative estimate of drug-likeness (QED) is 0.862. The van der Waals surface area contributed by atoms with Crippen LogP contribution < -0.4 is 5.32 Å². The molecule has 4 rings (SSSR count). The Bertz CT molecular complexity index is 875. The van der Waals surface area contributed by atoms with E-state index in [9.17, 15) is 14.7 Å². The van der Waals surface area contributed by atoms with Gasteiger partial charge in [0.15, 0.2) is 5.69 Å². The Hall–Kier alpha value is -2.54. The number of nitrogens with one attached hydrogen (secondary N) is 1. The number of aryl methyl sites for hydroxylation is 1. The summed E-state index contributed by atoms with van der Waals surface area (Å²) >= 11 is 5.96. The van der Waals surface area contributed by atoms with Crippen LogP contribution >= 0.6 is 11.6 Å². The standard InChI is InChI=1S/C18H19ClN4O3/c19-11-2-5-16(24)14(8-11)18(26)22-6-1-7-23-13(10-22)9-15(21-23)17(25)20-12-3-4-12/h2,5,8-9,12,24H,1,3-4,6-7,10H2,(H,20,25). The maximum Gasteiger partial charge on any atom is 0.272 e. The van der Waals surface area contributed by atoms with Crippen LogP contribution in [0, 0.1) is 0 Å². The molecule has 26 heavy (non-hydrogen) atoms. The molecule has 0 unspecified atom stereocenters. The van der Waals surface area contributed by atoms with Crippen molar-refractivity contribution in [3.63, 3.8) is 0 Å². The van der Waals surface area contributed by atoms with Crippen LogP contribution in [0.5, 0.6) is 5.75 Å². The van der Waals surface area contributed by atoms with Gasteiger partial charge in [-0.05, 0) is 43.5 Å². The van der Waals surface area contributed by atoms with E-state index in [-0.39, 0.29) is 29.2 Å². The number of aromatic hydroxyl groups is 1. The number of hydrogen-bond donors (Lipinski definition) is 2. The van der Waals surface area contributed by atoms with Gasteiger partial charge >= 0.3 is 0 Å². The molecule has 2 heterocycles. The number of halogens is 1. The summed E-state index contributed by atoms with van der Waals surface area (Å²) in [5.41, 5.74) is 1.36. The average Bonchev–Trinajstić information content (AvgIpc) is 3.38. The van der Waals surface area contributed by atoms with Crippen LogP contribution in [-0.4, -0.2) is 44.2 Å². The largest absolute Gasteiger partial charge is 0.507 e. The molecule has 2 aliphatic rings. The van der Waals surface area contributed by atoms with E-state index in [2.05, 4.69) is 10.4 Å². The lowest BCUT2D eigenvalue weighted by Crippen LogP contribution is -2.30. The minimum Gasteiger partial charge on any atom is -0.507 e. The number of hydrogen-bond acceptors (Lipinski definition) is 4.